The first-order valence-corrected chi connectivity index (χ1v) is 8.68. The highest BCUT2D eigenvalue weighted by Gasteiger charge is 2.36. The number of carbonyl (C=O) groups is 2. The number of nitrogens with one attached hydrogen (secondary N) is 1. The summed E-state index contributed by atoms with van der Waals surface area (Å²) in [5, 5.41) is 2.90. The third-order valence-corrected chi connectivity index (χ3v) is 4.75. The summed E-state index contributed by atoms with van der Waals surface area (Å²) in [5.74, 6) is 1.21. The van der Waals surface area contributed by atoms with Gasteiger partial charge in [-0.2, -0.15) is 0 Å². The van der Waals surface area contributed by atoms with Gasteiger partial charge in [0.1, 0.15) is 17.6 Å². The Morgan fingerprint density at radius 2 is 2.00 bits per heavy atom. The van der Waals surface area contributed by atoms with E-state index in [1.165, 1.54) is 0 Å². The lowest BCUT2D eigenvalue weighted by atomic mass is 10.0. The fraction of sp³-hybridized carbons (Fsp3) is 0.474. The predicted octanol–water partition coefficient (Wildman–Crippen LogP) is 2.71. The quantitative estimate of drug-likeness (QED) is 0.912. The number of carbonyl (C=O) groups excluding carboxylic acids is 2. The van der Waals surface area contributed by atoms with Crippen molar-refractivity contribution in [1.29, 1.82) is 0 Å². The number of ether oxygens (including phenoxy) is 2. The summed E-state index contributed by atoms with van der Waals surface area (Å²) in [6.45, 7) is 3.09. The Bertz CT molecular complexity index is 681. The number of allylic oxidation sites excluding steroid dienone is 1. The van der Waals surface area contributed by atoms with Crippen LogP contribution in [0.3, 0.4) is 0 Å². The molecule has 1 unspecified atom stereocenters. The average molecular weight is 344 g/mol. The predicted molar refractivity (Wildman–Crippen MR) is 94.2 cm³/mol. The number of methoxy groups -OCH3 is 1. The van der Waals surface area contributed by atoms with Gasteiger partial charge in [-0.3, -0.25) is 9.59 Å². The summed E-state index contributed by atoms with van der Waals surface area (Å²) in [5.41, 5.74) is 1.40. The first-order chi connectivity index (χ1) is 12.1. The van der Waals surface area contributed by atoms with Crippen LogP contribution in [0.4, 0.5) is 5.69 Å². The van der Waals surface area contributed by atoms with Gasteiger partial charge in [0.2, 0.25) is 5.91 Å². The lowest BCUT2D eigenvalue weighted by Crippen LogP contribution is -2.44. The smallest absolute Gasteiger partial charge is 0.253 e. The van der Waals surface area contributed by atoms with Gasteiger partial charge < -0.3 is 19.7 Å². The number of nitrogens with zero attached hydrogens (tertiary/aromatic N) is 1. The molecule has 2 aliphatic rings. The van der Waals surface area contributed by atoms with Crippen LogP contribution in [0, 0.1) is 0 Å². The van der Waals surface area contributed by atoms with Crippen molar-refractivity contribution in [1.82, 2.24) is 4.90 Å². The van der Waals surface area contributed by atoms with Crippen molar-refractivity contribution < 1.29 is 19.1 Å². The van der Waals surface area contributed by atoms with Gasteiger partial charge >= 0.3 is 0 Å². The largest absolute Gasteiger partial charge is 0.498 e. The van der Waals surface area contributed by atoms with Crippen LogP contribution >= 0.6 is 0 Å². The van der Waals surface area contributed by atoms with Crippen molar-refractivity contribution in [2.45, 2.75) is 38.6 Å². The Morgan fingerprint density at radius 3 is 2.68 bits per heavy atom. The lowest BCUT2D eigenvalue weighted by molar-refractivity contribution is -0.134. The van der Waals surface area contributed by atoms with E-state index in [0.29, 0.717) is 43.0 Å². The Morgan fingerprint density at radius 1 is 1.24 bits per heavy atom. The molecule has 2 heterocycles. The maximum atomic E-state index is 12.9. The minimum atomic E-state index is -0.433. The molecule has 134 valence electrons. The van der Waals surface area contributed by atoms with Crippen LogP contribution in [-0.2, 0) is 14.3 Å². The van der Waals surface area contributed by atoms with Gasteiger partial charge in [0.25, 0.3) is 5.91 Å². The maximum Gasteiger partial charge on any atom is 0.253 e. The summed E-state index contributed by atoms with van der Waals surface area (Å²) in [4.78, 5) is 27.2. The normalized spacial score (nSPS) is 20.2. The molecule has 1 saturated heterocycles. The van der Waals surface area contributed by atoms with Crippen molar-refractivity contribution in [2.24, 2.45) is 0 Å². The van der Waals surface area contributed by atoms with E-state index in [-0.39, 0.29) is 11.8 Å². The van der Waals surface area contributed by atoms with Crippen LogP contribution in [0.2, 0.25) is 0 Å². The number of hydrogen-bond donors (Lipinski definition) is 1. The molecule has 1 N–H and O–H groups in total. The van der Waals surface area contributed by atoms with Crippen molar-refractivity contribution in [2.75, 3.05) is 25.6 Å². The van der Waals surface area contributed by atoms with E-state index >= 15 is 0 Å². The molecule has 0 aromatic heterocycles. The molecule has 2 amide bonds. The second-order valence-corrected chi connectivity index (χ2v) is 6.36. The molecule has 1 atom stereocenters. The van der Waals surface area contributed by atoms with E-state index in [2.05, 4.69) is 5.32 Å². The van der Waals surface area contributed by atoms with E-state index in [9.17, 15) is 9.59 Å². The molecule has 2 aliphatic heterocycles. The highest BCUT2D eigenvalue weighted by atomic mass is 16.5. The number of anilines is 1. The summed E-state index contributed by atoms with van der Waals surface area (Å²) in [6.07, 6.45) is 3.07. The molecule has 1 aromatic rings. The SMILES string of the molecule is COc1ccc(NC(=O)C2CCCN2C(=O)C2=C(C)OCCC2)cc1. The molecule has 0 aliphatic carbocycles. The topological polar surface area (TPSA) is 67.9 Å². The molecule has 0 radical (unpaired) electrons. The van der Waals surface area contributed by atoms with Crippen LogP contribution in [0.15, 0.2) is 35.6 Å². The second kappa shape index (κ2) is 7.59. The van der Waals surface area contributed by atoms with Crippen molar-refractivity contribution in [3.8, 4) is 5.75 Å². The maximum absolute atomic E-state index is 12.9. The first kappa shape index (κ1) is 17.3. The molecular weight excluding hydrogens is 320 g/mol. The number of likely N-dealkylation sites (tertiary alicyclic amines) is 1. The first-order valence-electron chi connectivity index (χ1n) is 8.68. The van der Waals surface area contributed by atoms with E-state index < -0.39 is 6.04 Å². The van der Waals surface area contributed by atoms with Crippen LogP contribution in [0.25, 0.3) is 0 Å². The molecule has 0 bridgehead atoms. The lowest BCUT2D eigenvalue weighted by Gasteiger charge is -2.27. The van der Waals surface area contributed by atoms with E-state index in [0.717, 1.165) is 18.6 Å². The Hall–Kier alpha value is -2.50. The van der Waals surface area contributed by atoms with E-state index in [4.69, 9.17) is 9.47 Å². The van der Waals surface area contributed by atoms with Crippen LogP contribution in [0.5, 0.6) is 5.75 Å². The minimum Gasteiger partial charge on any atom is -0.498 e. The Labute approximate surface area is 147 Å². The highest BCUT2D eigenvalue weighted by Crippen LogP contribution is 2.26. The molecule has 6 nitrogen and oxygen atoms in total. The van der Waals surface area contributed by atoms with E-state index in [1.54, 1.807) is 36.3 Å². The highest BCUT2D eigenvalue weighted by molar-refractivity contribution is 6.01. The minimum absolute atomic E-state index is 0.0652. The molecule has 0 saturated carbocycles. The van der Waals surface area contributed by atoms with Gasteiger partial charge in [-0.1, -0.05) is 0 Å². The summed E-state index contributed by atoms with van der Waals surface area (Å²) in [7, 11) is 1.60. The van der Waals surface area contributed by atoms with Crippen molar-refractivity contribution in [3.63, 3.8) is 0 Å². The van der Waals surface area contributed by atoms with Gasteiger partial charge in [-0.05, 0) is 56.9 Å². The molecule has 6 heteroatoms. The van der Waals surface area contributed by atoms with Gasteiger partial charge in [-0.15, -0.1) is 0 Å². The fourth-order valence-electron chi connectivity index (χ4n) is 3.35. The molecule has 3 rings (SSSR count). The van der Waals surface area contributed by atoms with Crippen LogP contribution in [0.1, 0.15) is 32.6 Å². The van der Waals surface area contributed by atoms with Gasteiger partial charge in [0.15, 0.2) is 0 Å². The number of amides is 2. The molecule has 0 spiro atoms. The van der Waals surface area contributed by atoms with Crippen LogP contribution in [-0.4, -0.2) is 43.0 Å². The molecule has 25 heavy (non-hydrogen) atoms. The van der Waals surface area contributed by atoms with Gasteiger partial charge in [0, 0.05) is 12.2 Å². The monoisotopic (exact) mass is 344 g/mol. The Kier molecular flexibility index (Phi) is 5.26. The number of hydrogen-bond acceptors (Lipinski definition) is 4. The molecule has 1 aromatic carbocycles. The summed E-state index contributed by atoms with van der Waals surface area (Å²) >= 11 is 0. The second-order valence-electron chi connectivity index (χ2n) is 6.36. The zero-order valence-electron chi connectivity index (χ0n) is 14.7. The average Bonchev–Trinajstić information content (AvgIpc) is 3.12. The third kappa shape index (κ3) is 3.78. The van der Waals surface area contributed by atoms with Gasteiger partial charge in [0.05, 0.1) is 19.3 Å². The molecular formula is C19H24N2O4. The molecule has 1 fully saturated rings. The zero-order chi connectivity index (χ0) is 17.8. The van der Waals surface area contributed by atoms with Gasteiger partial charge in [-0.25, -0.2) is 0 Å². The van der Waals surface area contributed by atoms with Crippen molar-refractivity contribution >= 4 is 17.5 Å². The third-order valence-electron chi connectivity index (χ3n) is 4.75. The Balaban J connectivity index is 1.69. The fourth-order valence-corrected chi connectivity index (χ4v) is 3.35. The van der Waals surface area contributed by atoms with Crippen LogP contribution < -0.4 is 10.1 Å². The summed E-state index contributed by atoms with van der Waals surface area (Å²) < 4.78 is 10.6. The van der Waals surface area contributed by atoms with E-state index in [1.807, 2.05) is 6.92 Å². The zero-order valence-corrected chi connectivity index (χ0v) is 14.7. The number of benzene rings is 1. The van der Waals surface area contributed by atoms with Crippen molar-refractivity contribution in [3.05, 3.63) is 35.6 Å². The standard InChI is InChI=1S/C19H24N2O4/c1-13-16(5-4-12-25-13)19(23)21-11-3-6-17(21)18(22)20-14-7-9-15(24-2)10-8-14/h7-10,17H,3-6,11-12H2,1-2H3,(H,20,22). The number of rotatable bonds is 4. The summed E-state index contributed by atoms with van der Waals surface area (Å²) in [6, 6.07) is 6.73.